The van der Waals surface area contributed by atoms with Gasteiger partial charge in [-0.25, -0.2) is 4.68 Å². The lowest BCUT2D eigenvalue weighted by atomic mass is 9.48. The van der Waals surface area contributed by atoms with Gasteiger partial charge in [-0.2, -0.15) is 0 Å². The van der Waals surface area contributed by atoms with E-state index in [0.717, 1.165) is 48.7 Å². The van der Waals surface area contributed by atoms with Crippen LogP contribution in [0.4, 0.5) is 0 Å². The summed E-state index contributed by atoms with van der Waals surface area (Å²) in [7, 11) is 0. The van der Waals surface area contributed by atoms with Crippen molar-refractivity contribution in [2.75, 3.05) is 5.75 Å². The fraction of sp³-hybridized carbons (Fsp3) is 0.882. The van der Waals surface area contributed by atoms with Gasteiger partial charge in [0.25, 0.3) is 0 Å². The number of hydrogen-bond acceptors (Lipinski definition) is 5. The van der Waals surface area contributed by atoms with Gasteiger partial charge < -0.3 is 0 Å². The third-order valence-electron chi connectivity index (χ3n) is 6.00. The Balaban J connectivity index is 1.42. The van der Waals surface area contributed by atoms with Gasteiger partial charge in [-0.3, -0.25) is 4.79 Å². The van der Waals surface area contributed by atoms with Gasteiger partial charge in [0, 0.05) is 12.0 Å². The van der Waals surface area contributed by atoms with Crippen LogP contribution in [0.2, 0.25) is 0 Å². The molecule has 1 aromatic heterocycles. The second kappa shape index (κ2) is 5.87. The second-order valence-electron chi connectivity index (χ2n) is 8.45. The first kappa shape index (κ1) is 15.6. The van der Waals surface area contributed by atoms with Crippen LogP contribution in [0.3, 0.4) is 0 Å². The van der Waals surface area contributed by atoms with Gasteiger partial charge in [-0.05, 0) is 72.6 Å². The van der Waals surface area contributed by atoms with Crippen molar-refractivity contribution in [3.8, 4) is 0 Å². The quantitative estimate of drug-likeness (QED) is 0.748. The predicted molar refractivity (Wildman–Crippen MR) is 89.0 cm³/mol. The van der Waals surface area contributed by atoms with Crippen LogP contribution >= 0.6 is 11.8 Å². The number of nitrogens with zero attached hydrogens (tertiary/aromatic N) is 4. The van der Waals surface area contributed by atoms with E-state index in [4.69, 9.17) is 0 Å². The Morgan fingerprint density at radius 3 is 2.39 bits per heavy atom. The zero-order valence-electron chi connectivity index (χ0n) is 14.1. The van der Waals surface area contributed by atoms with E-state index in [1.807, 2.05) is 4.68 Å². The lowest BCUT2D eigenvalue weighted by molar-refractivity contribution is -0.141. The molecule has 4 aliphatic carbocycles. The van der Waals surface area contributed by atoms with Crippen molar-refractivity contribution in [1.29, 1.82) is 0 Å². The Morgan fingerprint density at radius 2 is 1.83 bits per heavy atom. The number of ketones is 1. The van der Waals surface area contributed by atoms with E-state index >= 15 is 0 Å². The summed E-state index contributed by atoms with van der Waals surface area (Å²) in [4.78, 5) is 13.0. The minimum atomic E-state index is -0.00191. The van der Waals surface area contributed by atoms with Crippen LogP contribution in [0.5, 0.6) is 0 Å². The third-order valence-corrected chi connectivity index (χ3v) is 6.96. The van der Waals surface area contributed by atoms with Gasteiger partial charge in [0.2, 0.25) is 5.16 Å². The molecule has 5 nitrogen and oxygen atoms in total. The lowest BCUT2D eigenvalue weighted by Gasteiger charge is -2.56. The Labute approximate surface area is 142 Å². The molecule has 0 atom stereocenters. The third kappa shape index (κ3) is 2.94. The molecular weight excluding hydrogens is 308 g/mol. The van der Waals surface area contributed by atoms with Gasteiger partial charge >= 0.3 is 0 Å². The topological polar surface area (TPSA) is 60.7 Å². The molecule has 1 heterocycles. The summed E-state index contributed by atoms with van der Waals surface area (Å²) in [6.45, 7) is 5.11. The SMILES string of the molecule is CC(C)Cn1nnnc1SCC(=O)C12CC3CC(CC(C3)C1)C2. The van der Waals surface area contributed by atoms with E-state index in [1.54, 1.807) is 0 Å². The van der Waals surface area contributed by atoms with E-state index in [9.17, 15) is 4.79 Å². The average Bonchev–Trinajstić information content (AvgIpc) is 2.89. The van der Waals surface area contributed by atoms with Gasteiger partial charge in [0.1, 0.15) is 5.78 Å². The molecule has 0 radical (unpaired) electrons. The largest absolute Gasteiger partial charge is 0.298 e. The van der Waals surface area contributed by atoms with E-state index in [-0.39, 0.29) is 5.41 Å². The lowest BCUT2D eigenvalue weighted by Crippen LogP contribution is -2.50. The number of Topliss-reactive ketones (excluding diaryl/α,β-unsaturated/α-hetero) is 1. The average molecular weight is 334 g/mol. The summed E-state index contributed by atoms with van der Waals surface area (Å²) in [6.07, 6.45) is 7.59. The fourth-order valence-electron chi connectivity index (χ4n) is 5.50. The monoisotopic (exact) mass is 334 g/mol. The normalized spacial score (nSPS) is 35.2. The van der Waals surface area contributed by atoms with E-state index in [0.29, 0.717) is 17.5 Å². The van der Waals surface area contributed by atoms with Crippen LogP contribution in [0.1, 0.15) is 52.4 Å². The molecule has 1 aromatic rings. The molecule has 0 amide bonds. The van der Waals surface area contributed by atoms with Crippen LogP contribution in [-0.4, -0.2) is 31.7 Å². The predicted octanol–water partition coefficient (Wildman–Crippen LogP) is 3.21. The van der Waals surface area contributed by atoms with Gasteiger partial charge in [-0.15, -0.1) is 5.10 Å². The number of hydrogen-bond donors (Lipinski definition) is 0. The zero-order valence-corrected chi connectivity index (χ0v) is 14.9. The zero-order chi connectivity index (χ0) is 16.0. The molecule has 0 unspecified atom stereocenters. The number of rotatable bonds is 6. The van der Waals surface area contributed by atoms with E-state index in [2.05, 4.69) is 29.4 Å². The summed E-state index contributed by atoms with van der Waals surface area (Å²) in [5.74, 6) is 3.95. The van der Waals surface area contributed by atoms with E-state index in [1.165, 1.54) is 31.0 Å². The van der Waals surface area contributed by atoms with Crippen molar-refractivity contribution in [2.45, 2.75) is 64.1 Å². The van der Waals surface area contributed by atoms with Crippen LogP contribution in [0.15, 0.2) is 5.16 Å². The maximum atomic E-state index is 13.0. The van der Waals surface area contributed by atoms with Crippen molar-refractivity contribution in [3.05, 3.63) is 0 Å². The van der Waals surface area contributed by atoms with Crippen molar-refractivity contribution in [1.82, 2.24) is 20.2 Å². The smallest absolute Gasteiger partial charge is 0.209 e. The number of carbonyl (C=O) groups is 1. The Bertz CT molecular complexity index is 562. The molecule has 4 saturated carbocycles. The summed E-state index contributed by atoms with van der Waals surface area (Å²) >= 11 is 1.53. The Kier molecular flexibility index (Phi) is 3.98. The van der Waals surface area contributed by atoms with Gasteiger partial charge in [0.05, 0.1) is 5.75 Å². The van der Waals surface area contributed by atoms with Crippen molar-refractivity contribution in [2.24, 2.45) is 29.1 Å². The number of thioether (sulfide) groups is 1. The summed E-state index contributed by atoms with van der Waals surface area (Å²) < 4.78 is 1.84. The molecule has 0 spiro atoms. The second-order valence-corrected chi connectivity index (χ2v) is 9.39. The first-order chi connectivity index (χ1) is 11.0. The molecule has 0 N–H and O–H groups in total. The molecular formula is C17H26N4OS. The molecule has 4 fully saturated rings. The highest BCUT2D eigenvalue weighted by Crippen LogP contribution is 2.60. The van der Waals surface area contributed by atoms with Crippen LogP contribution < -0.4 is 0 Å². The first-order valence-corrected chi connectivity index (χ1v) is 9.95. The molecule has 5 rings (SSSR count). The van der Waals surface area contributed by atoms with Crippen molar-refractivity contribution < 1.29 is 4.79 Å². The Hall–Kier alpha value is -0.910. The molecule has 6 heteroatoms. The molecule has 4 aliphatic rings. The number of tetrazole rings is 1. The standard InChI is InChI=1S/C17H26N4OS/c1-11(2)9-21-16(18-19-20-21)23-10-15(22)17-6-12-3-13(7-17)5-14(4-12)8-17/h11-14H,3-10H2,1-2H3. The maximum Gasteiger partial charge on any atom is 0.209 e. The maximum absolute atomic E-state index is 13.0. The fourth-order valence-corrected chi connectivity index (χ4v) is 6.42. The van der Waals surface area contributed by atoms with E-state index < -0.39 is 0 Å². The Morgan fingerprint density at radius 1 is 1.22 bits per heavy atom. The van der Waals surface area contributed by atoms with Gasteiger partial charge in [0.15, 0.2) is 0 Å². The minimum absolute atomic E-state index is 0.00191. The van der Waals surface area contributed by atoms with Crippen molar-refractivity contribution >= 4 is 17.5 Å². The van der Waals surface area contributed by atoms with Crippen LogP contribution in [0.25, 0.3) is 0 Å². The summed E-state index contributed by atoms with van der Waals surface area (Å²) in [5.41, 5.74) is -0.00191. The highest BCUT2D eigenvalue weighted by molar-refractivity contribution is 7.99. The molecule has 23 heavy (non-hydrogen) atoms. The summed E-state index contributed by atoms with van der Waals surface area (Å²) in [5, 5.41) is 12.7. The first-order valence-electron chi connectivity index (χ1n) is 8.96. The molecule has 0 aliphatic heterocycles. The molecule has 126 valence electrons. The van der Waals surface area contributed by atoms with Crippen molar-refractivity contribution in [3.63, 3.8) is 0 Å². The minimum Gasteiger partial charge on any atom is -0.298 e. The number of carbonyl (C=O) groups excluding carboxylic acids is 1. The highest BCUT2D eigenvalue weighted by atomic mass is 32.2. The molecule has 0 aromatic carbocycles. The number of aromatic nitrogens is 4. The highest BCUT2D eigenvalue weighted by Gasteiger charge is 2.54. The molecule has 4 bridgehead atoms. The summed E-state index contributed by atoms with van der Waals surface area (Å²) in [6, 6.07) is 0. The molecule has 0 saturated heterocycles. The van der Waals surface area contributed by atoms with Crippen LogP contribution in [-0.2, 0) is 11.3 Å². The van der Waals surface area contributed by atoms with Crippen LogP contribution in [0, 0.1) is 29.1 Å². The van der Waals surface area contributed by atoms with Gasteiger partial charge in [-0.1, -0.05) is 25.6 Å².